The van der Waals surface area contributed by atoms with Gasteiger partial charge in [-0.15, -0.1) is 0 Å². The van der Waals surface area contributed by atoms with Crippen molar-refractivity contribution in [1.29, 1.82) is 0 Å². The molecule has 1 aromatic carbocycles. The summed E-state index contributed by atoms with van der Waals surface area (Å²) in [5.41, 5.74) is -0.115. The molecule has 2 rings (SSSR count). The minimum atomic E-state index is -1.14. The Hall–Kier alpha value is -1.69. The van der Waals surface area contributed by atoms with Gasteiger partial charge in [-0.05, 0) is 31.9 Å². The maximum absolute atomic E-state index is 13.3. The first kappa shape index (κ1) is 15.7. The normalized spacial score (nSPS) is 22.2. The van der Waals surface area contributed by atoms with Gasteiger partial charge in [0.05, 0.1) is 16.5 Å². The molecule has 0 aliphatic carbocycles. The highest BCUT2D eigenvalue weighted by molar-refractivity contribution is 6.33. The molecule has 1 saturated heterocycles. The Bertz CT molecular complexity index is 594. The molecule has 2 unspecified atom stereocenters. The first-order valence-electron chi connectivity index (χ1n) is 6.49. The smallest absolute Gasteiger partial charge is 0.306 e. The van der Waals surface area contributed by atoms with E-state index in [4.69, 9.17) is 16.7 Å². The van der Waals surface area contributed by atoms with Gasteiger partial charge < -0.3 is 10.0 Å². The lowest BCUT2D eigenvalue weighted by Gasteiger charge is -2.36. The molecule has 0 saturated carbocycles. The summed E-state index contributed by atoms with van der Waals surface area (Å²) in [7, 11) is 0. The van der Waals surface area contributed by atoms with E-state index in [0.717, 1.165) is 12.1 Å². The van der Waals surface area contributed by atoms with Crippen LogP contribution in [0.2, 0.25) is 5.02 Å². The summed E-state index contributed by atoms with van der Waals surface area (Å²) >= 11 is 5.79. The Labute approximate surface area is 125 Å². The highest BCUT2D eigenvalue weighted by Gasteiger charge is 2.33. The molecule has 1 amide bonds. The molecule has 1 aliphatic rings. The molecule has 2 atom stereocenters. The minimum Gasteiger partial charge on any atom is -0.481 e. The number of carboxylic acids is 1. The summed E-state index contributed by atoms with van der Waals surface area (Å²) in [6.45, 7) is 1.97. The first-order chi connectivity index (χ1) is 9.81. The lowest BCUT2D eigenvalue weighted by atomic mass is 9.91. The van der Waals surface area contributed by atoms with Gasteiger partial charge in [0.15, 0.2) is 11.6 Å². The Morgan fingerprint density at radius 3 is 2.52 bits per heavy atom. The van der Waals surface area contributed by atoms with Gasteiger partial charge in [0.2, 0.25) is 0 Å². The number of halogens is 3. The molecule has 1 aromatic rings. The number of hydrogen-bond donors (Lipinski definition) is 1. The number of piperidine rings is 1. The summed E-state index contributed by atoms with van der Waals surface area (Å²) in [4.78, 5) is 24.8. The van der Waals surface area contributed by atoms with Crippen LogP contribution in [-0.4, -0.2) is 34.5 Å². The monoisotopic (exact) mass is 317 g/mol. The van der Waals surface area contributed by atoms with Crippen LogP contribution in [0.5, 0.6) is 0 Å². The van der Waals surface area contributed by atoms with Crippen molar-refractivity contribution in [3.63, 3.8) is 0 Å². The van der Waals surface area contributed by atoms with E-state index in [-0.39, 0.29) is 23.2 Å². The van der Waals surface area contributed by atoms with Crippen LogP contribution in [0.3, 0.4) is 0 Å². The van der Waals surface area contributed by atoms with Crippen LogP contribution >= 0.6 is 11.6 Å². The number of benzene rings is 1. The zero-order valence-electron chi connectivity index (χ0n) is 11.3. The fourth-order valence-corrected chi connectivity index (χ4v) is 2.77. The summed E-state index contributed by atoms with van der Waals surface area (Å²) in [5, 5.41) is 8.83. The van der Waals surface area contributed by atoms with Gasteiger partial charge in [-0.25, -0.2) is 8.78 Å². The largest absolute Gasteiger partial charge is 0.481 e. The predicted molar refractivity (Wildman–Crippen MR) is 72.2 cm³/mol. The quantitative estimate of drug-likeness (QED) is 0.853. The van der Waals surface area contributed by atoms with Gasteiger partial charge >= 0.3 is 5.97 Å². The molecule has 21 heavy (non-hydrogen) atoms. The van der Waals surface area contributed by atoms with Gasteiger partial charge in [-0.3, -0.25) is 9.59 Å². The Balaban J connectivity index is 2.21. The van der Waals surface area contributed by atoms with E-state index >= 15 is 0 Å². The number of aliphatic carboxylic acids is 1. The zero-order valence-corrected chi connectivity index (χ0v) is 12.0. The lowest BCUT2D eigenvalue weighted by Crippen LogP contribution is -2.46. The van der Waals surface area contributed by atoms with Gasteiger partial charge in [0, 0.05) is 12.6 Å². The maximum atomic E-state index is 13.3. The van der Waals surface area contributed by atoms with Crippen molar-refractivity contribution >= 4 is 23.5 Å². The van der Waals surface area contributed by atoms with Crippen molar-refractivity contribution in [2.75, 3.05) is 6.54 Å². The highest BCUT2D eigenvalue weighted by Crippen LogP contribution is 2.27. The third-order valence-electron chi connectivity index (χ3n) is 3.73. The summed E-state index contributed by atoms with van der Waals surface area (Å²) in [6.07, 6.45) is 0.648. The SMILES string of the molecule is CC1CC(C(=O)O)CCN1C(=O)c1cc(F)c(F)cc1Cl. The number of hydrogen-bond acceptors (Lipinski definition) is 2. The van der Waals surface area contributed by atoms with E-state index < -0.39 is 29.4 Å². The fourth-order valence-electron chi connectivity index (χ4n) is 2.54. The number of likely N-dealkylation sites (tertiary alicyclic amines) is 1. The molecule has 0 spiro atoms. The zero-order chi connectivity index (χ0) is 15.7. The van der Waals surface area contributed by atoms with Crippen LogP contribution in [-0.2, 0) is 4.79 Å². The van der Waals surface area contributed by atoms with Crippen LogP contribution in [0.1, 0.15) is 30.1 Å². The second-order valence-electron chi connectivity index (χ2n) is 5.15. The number of carboxylic acid groups (broad SMARTS) is 1. The molecule has 1 N–H and O–H groups in total. The maximum Gasteiger partial charge on any atom is 0.306 e. The van der Waals surface area contributed by atoms with Crippen LogP contribution in [0.4, 0.5) is 8.78 Å². The molecule has 114 valence electrons. The molecule has 1 aliphatic heterocycles. The topological polar surface area (TPSA) is 57.6 Å². The first-order valence-corrected chi connectivity index (χ1v) is 6.87. The second-order valence-corrected chi connectivity index (χ2v) is 5.56. The van der Waals surface area contributed by atoms with Crippen LogP contribution in [0.15, 0.2) is 12.1 Å². The number of rotatable bonds is 2. The number of carbonyl (C=O) groups is 2. The van der Waals surface area contributed by atoms with E-state index in [1.165, 1.54) is 4.90 Å². The summed E-state index contributed by atoms with van der Waals surface area (Å²) in [5.74, 6) is -4.16. The van der Waals surface area contributed by atoms with Crippen molar-refractivity contribution in [1.82, 2.24) is 4.90 Å². The van der Waals surface area contributed by atoms with Crippen molar-refractivity contribution in [3.05, 3.63) is 34.4 Å². The fraction of sp³-hybridized carbons (Fsp3) is 0.429. The average molecular weight is 318 g/mol. The second kappa shape index (κ2) is 5.97. The standard InChI is InChI=1S/C14H14ClF2NO3/c1-7-4-8(14(20)21)2-3-18(7)13(19)9-5-11(16)12(17)6-10(9)15/h5-8H,2-4H2,1H3,(H,20,21). The van der Waals surface area contributed by atoms with Crippen molar-refractivity contribution in [3.8, 4) is 0 Å². The van der Waals surface area contributed by atoms with Crippen molar-refractivity contribution < 1.29 is 23.5 Å². The molecule has 0 bridgehead atoms. The van der Waals surface area contributed by atoms with Crippen molar-refractivity contribution in [2.24, 2.45) is 5.92 Å². The van der Waals surface area contributed by atoms with Crippen molar-refractivity contribution in [2.45, 2.75) is 25.8 Å². The van der Waals surface area contributed by atoms with Gasteiger partial charge in [0.1, 0.15) is 0 Å². The molecule has 1 heterocycles. The summed E-state index contributed by atoms with van der Waals surface area (Å²) in [6, 6.07) is 1.23. The van der Waals surface area contributed by atoms with E-state index in [9.17, 15) is 18.4 Å². The number of carbonyl (C=O) groups excluding carboxylic acids is 1. The minimum absolute atomic E-state index is 0.115. The third-order valence-corrected chi connectivity index (χ3v) is 4.04. The molecule has 0 aromatic heterocycles. The van der Waals surface area contributed by atoms with Gasteiger partial charge in [-0.1, -0.05) is 11.6 Å². The third kappa shape index (κ3) is 3.15. The molecule has 1 fully saturated rings. The van der Waals surface area contributed by atoms with Gasteiger partial charge in [-0.2, -0.15) is 0 Å². The number of nitrogens with zero attached hydrogens (tertiary/aromatic N) is 1. The lowest BCUT2D eigenvalue weighted by molar-refractivity contribution is -0.143. The predicted octanol–water partition coefficient (Wildman–Crippen LogP) is 2.94. The highest BCUT2D eigenvalue weighted by atomic mass is 35.5. The Morgan fingerprint density at radius 1 is 1.33 bits per heavy atom. The van der Waals surface area contributed by atoms with E-state index in [0.29, 0.717) is 12.8 Å². The van der Waals surface area contributed by atoms with E-state index in [1.807, 2.05) is 0 Å². The molecular formula is C14H14ClF2NO3. The van der Waals surface area contributed by atoms with Crippen LogP contribution in [0, 0.1) is 17.6 Å². The molecule has 4 nitrogen and oxygen atoms in total. The van der Waals surface area contributed by atoms with E-state index in [2.05, 4.69) is 0 Å². The number of amides is 1. The molecule has 0 radical (unpaired) electrons. The van der Waals surface area contributed by atoms with Crippen LogP contribution in [0.25, 0.3) is 0 Å². The van der Waals surface area contributed by atoms with Crippen LogP contribution < -0.4 is 0 Å². The Kier molecular flexibility index (Phi) is 4.46. The Morgan fingerprint density at radius 2 is 1.95 bits per heavy atom. The average Bonchev–Trinajstić information content (AvgIpc) is 2.42. The molecule has 7 heteroatoms. The van der Waals surface area contributed by atoms with E-state index in [1.54, 1.807) is 6.92 Å². The summed E-state index contributed by atoms with van der Waals surface area (Å²) < 4.78 is 26.3. The molecular weight excluding hydrogens is 304 g/mol. The van der Waals surface area contributed by atoms with Gasteiger partial charge in [0.25, 0.3) is 5.91 Å².